The van der Waals surface area contributed by atoms with Gasteiger partial charge in [-0.3, -0.25) is 4.90 Å². The fraction of sp³-hybridized carbons (Fsp3) is 0.583. The van der Waals surface area contributed by atoms with Crippen molar-refractivity contribution in [2.75, 3.05) is 6.61 Å². The lowest BCUT2D eigenvalue weighted by Crippen LogP contribution is -2.50. The third-order valence-electron chi connectivity index (χ3n) is 6.68. The van der Waals surface area contributed by atoms with Crippen LogP contribution in [0.3, 0.4) is 0 Å². The highest BCUT2D eigenvalue weighted by atomic mass is 28.4. The molecule has 0 bridgehead atoms. The van der Waals surface area contributed by atoms with Crippen LogP contribution in [-0.2, 0) is 11.0 Å². The van der Waals surface area contributed by atoms with Crippen molar-refractivity contribution in [1.29, 1.82) is 0 Å². The van der Waals surface area contributed by atoms with Gasteiger partial charge in [-0.25, -0.2) is 0 Å². The lowest BCUT2D eigenvalue weighted by molar-refractivity contribution is 0.0654. The minimum absolute atomic E-state index is 0.126. The van der Waals surface area contributed by atoms with Crippen molar-refractivity contribution < 1.29 is 4.43 Å². The molecule has 0 radical (unpaired) electrons. The van der Waals surface area contributed by atoms with Gasteiger partial charge in [0.15, 0.2) is 8.32 Å². The molecule has 0 N–H and O–H groups in total. The van der Waals surface area contributed by atoms with E-state index in [0.29, 0.717) is 6.04 Å². The van der Waals surface area contributed by atoms with E-state index in [-0.39, 0.29) is 10.6 Å². The van der Waals surface area contributed by atoms with Crippen molar-refractivity contribution in [3.8, 4) is 0 Å². The van der Waals surface area contributed by atoms with Gasteiger partial charge in [0, 0.05) is 24.7 Å². The summed E-state index contributed by atoms with van der Waals surface area (Å²) >= 11 is 0. The highest BCUT2D eigenvalue weighted by Gasteiger charge is 2.46. The van der Waals surface area contributed by atoms with Gasteiger partial charge in [-0.1, -0.05) is 63.3 Å². The first kappa shape index (κ1) is 22.1. The quantitative estimate of drug-likeness (QED) is 0.352. The number of rotatable bonds is 9. The molecule has 1 aromatic rings. The summed E-state index contributed by atoms with van der Waals surface area (Å²) in [4.78, 5) is 2.69. The predicted octanol–water partition coefficient (Wildman–Crippen LogP) is 6.56. The molecular formula is C24H39NOSi. The van der Waals surface area contributed by atoms with E-state index >= 15 is 0 Å². The Morgan fingerprint density at radius 2 is 1.74 bits per heavy atom. The van der Waals surface area contributed by atoms with Crippen LogP contribution in [0, 0.1) is 0 Å². The van der Waals surface area contributed by atoms with Crippen LogP contribution in [0.1, 0.15) is 52.0 Å². The second-order valence-electron chi connectivity index (χ2n) is 9.59. The molecule has 1 aliphatic heterocycles. The normalized spacial score (nSPS) is 20.6. The SMILES string of the molecule is C=CCC1(CC=C)CCC(CO[Si](C)(C)C(C)(C)C)N1Cc1ccccc1. The zero-order chi connectivity index (χ0) is 20.1. The molecule has 1 heterocycles. The van der Waals surface area contributed by atoms with Gasteiger partial charge >= 0.3 is 0 Å². The molecule has 1 atom stereocenters. The van der Waals surface area contributed by atoms with E-state index < -0.39 is 8.32 Å². The molecule has 0 amide bonds. The molecule has 0 spiro atoms. The second-order valence-corrected chi connectivity index (χ2v) is 14.4. The fourth-order valence-electron chi connectivity index (χ4n) is 3.95. The summed E-state index contributed by atoms with van der Waals surface area (Å²) in [6.45, 7) is 21.5. The van der Waals surface area contributed by atoms with Crippen LogP contribution in [-0.4, -0.2) is 31.4 Å². The van der Waals surface area contributed by atoms with Crippen molar-refractivity contribution in [3.05, 3.63) is 61.2 Å². The summed E-state index contributed by atoms with van der Waals surface area (Å²) < 4.78 is 6.64. The third-order valence-corrected chi connectivity index (χ3v) is 11.2. The molecule has 0 saturated carbocycles. The summed E-state index contributed by atoms with van der Waals surface area (Å²) in [7, 11) is -1.74. The van der Waals surface area contributed by atoms with E-state index in [0.717, 1.165) is 26.0 Å². The molecule has 0 aromatic heterocycles. The summed E-state index contributed by atoms with van der Waals surface area (Å²) in [5, 5.41) is 0.245. The van der Waals surface area contributed by atoms with E-state index in [9.17, 15) is 0 Å². The lowest BCUT2D eigenvalue weighted by atomic mass is 9.88. The lowest BCUT2D eigenvalue weighted by Gasteiger charge is -2.42. The smallest absolute Gasteiger partial charge is 0.192 e. The zero-order valence-electron chi connectivity index (χ0n) is 18.1. The summed E-state index contributed by atoms with van der Waals surface area (Å²) in [5.41, 5.74) is 1.50. The molecule has 1 aromatic carbocycles. The fourth-order valence-corrected chi connectivity index (χ4v) is 4.99. The van der Waals surface area contributed by atoms with Crippen molar-refractivity contribution in [2.45, 2.75) is 82.7 Å². The Labute approximate surface area is 168 Å². The van der Waals surface area contributed by atoms with Crippen LogP contribution in [0.15, 0.2) is 55.6 Å². The standard InChI is InChI=1S/C24H39NOSi/c1-8-16-24(17-9-2)18-15-22(20-26-27(6,7)23(3,4)5)25(24)19-21-13-11-10-12-14-21/h8-14,22H,1-2,15-20H2,3-7H3. The molecule has 2 rings (SSSR count). The second kappa shape index (κ2) is 8.89. The van der Waals surface area contributed by atoms with Crippen LogP contribution in [0.4, 0.5) is 0 Å². The van der Waals surface area contributed by atoms with E-state index in [2.05, 4.69) is 94.4 Å². The maximum atomic E-state index is 6.64. The maximum absolute atomic E-state index is 6.64. The first-order chi connectivity index (χ1) is 12.6. The van der Waals surface area contributed by atoms with Gasteiger partial charge in [-0.15, -0.1) is 13.2 Å². The largest absolute Gasteiger partial charge is 0.415 e. The number of hydrogen-bond donors (Lipinski definition) is 0. The minimum atomic E-state index is -1.74. The Hall–Kier alpha value is -1.16. The predicted molar refractivity (Wildman–Crippen MR) is 121 cm³/mol. The van der Waals surface area contributed by atoms with Crippen molar-refractivity contribution in [1.82, 2.24) is 4.90 Å². The highest BCUT2D eigenvalue weighted by molar-refractivity contribution is 6.74. The number of benzene rings is 1. The van der Waals surface area contributed by atoms with Gasteiger partial charge < -0.3 is 4.43 Å². The van der Waals surface area contributed by atoms with Gasteiger partial charge in [0.05, 0.1) is 0 Å². The number of hydrogen-bond acceptors (Lipinski definition) is 2. The number of likely N-dealkylation sites (tertiary alicyclic amines) is 1. The van der Waals surface area contributed by atoms with Gasteiger partial charge in [-0.05, 0) is 49.4 Å². The van der Waals surface area contributed by atoms with Crippen LogP contribution >= 0.6 is 0 Å². The van der Waals surface area contributed by atoms with Crippen molar-refractivity contribution in [3.63, 3.8) is 0 Å². The summed E-state index contributed by atoms with van der Waals surface area (Å²) in [6, 6.07) is 11.3. The average molecular weight is 386 g/mol. The summed E-state index contributed by atoms with van der Waals surface area (Å²) in [6.07, 6.45) is 8.54. The van der Waals surface area contributed by atoms with Crippen molar-refractivity contribution >= 4 is 8.32 Å². The molecule has 150 valence electrons. The molecule has 27 heavy (non-hydrogen) atoms. The first-order valence-electron chi connectivity index (χ1n) is 10.3. The third kappa shape index (κ3) is 5.22. The Kier molecular flexibility index (Phi) is 7.29. The molecule has 1 aliphatic rings. The van der Waals surface area contributed by atoms with E-state index in [1.165, 1.54) is 18.4 Å². The topological polar surface area (TPSA) is 12.5 Å². The molecule has 1 saturated heterocycles. The Morgan fingerprint density at radius 3 is 2.26 bits per heavy atom. The van der Waals surface area contributed by atoms with Crippen molar-refractivity contribution in [2.24, 2.45) is 0 Å². The molecule has 1 fully saturated rings. The maximum Gasteiger partial charge on any atom is 0.192 e. The van der Waals surface area contributed by atoms with Gasteiger partial charge in [0.25, 0.3) is 0 Å². The Balaban J connectivity index is 2.24. The molecular weight excluding hydrogens is 346 g/mol. The van der Waals surface area contributed by atoms with E-state index in [1.807, 2.05) is 0 Å². The minimum Gasteiger partial charge on any atom is -0.415 e. The molecule has 0 aliphatic carbocycles. The van der Waals surface area contributed by atoms with Gasteiger partial charge in [0.2, 0.25) is 0 Å². The molecule has 1 unspecified atom stereocenters. The van der Waals surface area contributed by atoms with E-state index in [4.69, 9.17) is 4.43 Å². The van der Waals surface area contributed by atoms with Crippen LogP contribution in [0.2, 0.25) is 18.1 Å². The van der Waals surface area contributed by atoms with Gasteiger partial charge in [-0.2, -0.15) is 0 Å². The van der Waals surface area contributed by atoms with Crippen LogP contribution in [0.25, 0.3) is 0 Å². The van der Waals surface area contributed by atoms with Gasteiger partial charge in [0.1, 0.15) is 0 Å². The molecule has 3 heteroatoms. The average Bonchev–Trinajstić information content (AvgIpc) is 2.91. The monoisotopic (exact) mass is 385 g/mol. The van der Waals surface area contributed by atoms with E-state index in [1.54, 1.807) is 0 Å². The highest BCUT2D eigenvalue weighted by Crippen LogP contribution is 2.42. The molecule has 2 nitrogen and oxygen atoms in total. The first-order valence-corrected chi connectivity index (χ1v) is 13.2. The summed E-state index contributed by atoms with van der Waals surface area (Å²) in [5.74, 6) is 0. The van der Waals surface area contributed by atoms with Crippen LogP contribution in [0.5, 0.6) is 0 Å². The Bertz CT molecular complexity index is 607. The number of nitrogens with zero attached hydrogens (tertiary/aromatic N) is 1. The zero-order valence-corrected chi connectivity index (χ0v) is 19.1. The van der Waals surface area contributed by atoms with Crippen LogP contribution < -0.4 is 0 Å². The Morgan fingerprint density at radius 1 is 1.15 bits per heavy atom.